The van der Waals surface area contributed by atoms with Gasteiger partial charge in [-0.3, -0.25) is 0 Å². The number of ether oxygens (including phenoxy) is 1. The second-order valence-electron chi connectivity index (χ2n) is 4.96. The van der Waals surface area contributed by atoms with Crippen molar-refractivity contribution in [3.05, 3.63) is 12.1 Å². The number of rotatable bonds is 5. The minimum absolute atomic E-state index is 0.400. The van der Waals surface area contributed by atoms with Crippen LogP contribution >= 0.6 is 0 Å². The molecule has 0 atom stereocenters. The molecule has 4 heteroatoms. The Morgan fingerprint density at radius 2 is 2.18 bits per heavy atom. The second-order valence-corrected chi connectivity index (χ2v) is 4.96. The number of hydrogen-bond donors (Lipinski definition) is 1. The van der Waals surface area contributed by atoms with E-state index in [1.807, 2.05) is 6.07 Å². The molecule has 0 saturated heterocycles. The molecule has 1 aliphatic rings. The lowest BCUT2D eigenvalue weighted by molar-refractivity contribution is 0.397. The molecule has 0 amide bonds. The van der Waals surface area contributed by atoms with Crippen LogP contribution in [-0.2, 0) is 0 Å². The van der Waals surface area contributed by atoms with Gasteiger partial charge in [0.15, 0.2) is 5.82 Å². The first-order valence-electron chi connectivity index (χ1n) is 6.19. The third-order valence-electron chi connectivity index (χ3n) is 3.14. The van der Waals surface area contributed by atoms with Crippen LogP contribution in [0.1, 0.15) is 26.7 Å². The highest BCUT2D eigenvalue weighted by Crippen LogP contribution is 2.34. The van der Waals surface area contributed by atoms with Gasteiger partial charge in [-0.15, -0.1) is 0 Å². The first-order valence-corrected chi connectivity index (χ1v) is 6.19. The summed E-state index contributed by atoms with van der Waals surface area (Å²) in [7, 11) is 1.63. The molecular weight excluding hydrogens is 214 g/mol. The van der Waals surface area contributed by atoms with E-state index in [9.17, 15) is 0 Å². The number of hydrogen-bond acceptors (Lipinski definition) is 4. The molecule has 1 heterocycles. The van der Waals surface area contributed by atoms with E-state index >= 15 is 0 Å². The molecule has 0 aliphatic heterocycles. The van der Waals surface area contributed by atoms with Crippen LogP contribution in [0.2, 0.25) is 0 Å². The van der Waals surface area contributed by atoms with E-state index in [0.29, 0.717) is 11.9 Å². The van der Waals surface area contributed by atoms with Crippen molar-refractivity contribution >= 4 is 11.5 Å². The number of nitrogen functional groups attached to an aromatic ring is 1. The van der Waals surface area contributed by atoms with Crippen LogP contribution < -0.4 is 15.4 Å². The quantitative estimate of drug-likeness (QED) is 0.850. The molecule has 0 radical (unpaired) electrons. The average molecular weight is 235 g/mol. The third-order valence-corrected chi connectivity index (χ3v) is 3.14. The highest BCUT2D eigenvalue weighted by atomic mass is 16.5. The molecular formula is C13H21N3O. The van der Waals surface area contributed by atoms with Gasteiger partial charge in [-0.25, -0.2) is 0 Å². The first-order chi connectivity index (χ1) is 8.11. The van der Waals surface area contributed by atoms with Gasteiger partial charge >= 0.3 is 0 Å². The molecule has 94 valence electrons. The summed E-state index contributed by atoms with van der Waals surface area (Å²) in [6.07, 6.45) is 2.65. The molecule has 17 heavy (non-hydrogen) atoms. The lowest BCUT2D eigenvalue weighted by Crippen LogP contribution is -2.34. The van der Waals surface area contributed by atoms with Crippen molar-refractivity contribution in [2.24, 2.45) is 5.92 Å². The van der Waals surface area contributed by atoms with E-state index in [-0.39, 0.29) is 0 Å². The lowest BCUT2D eigenvalue weighted by atomic mass is 10.2. The molecule has 0 aromatic carbocycles. The molecule has 1 saturated carbocycles. The SMILES string of the molecule is COc1ccc(N)c(N(CC2CC2)C(C)C)n1. The van der Waals surface area contributed by atoms with Crippen LogP contribution in [-0.4, -0.2) is 24.7 Å². The van der Waals surface area contributed by atoms with Gasteiger partial charge in [0, 0.05) is 18.7 Å². The minimum atomic E-state index is 0.400. The van der Waals surface area contributed by atoms with E-state index in [4.69, 9.17) is 10.5 Å². The molecule has 2 N–H and O–H groups in total. The predicted molar refractivity (Wildman–Crippen MR) is 70.4 cm³/mol. The third kappa shape index (κ3) is 2.81. The maximum absolute atomic E-state index is 6.02. The van der Waals surface area contributed by atoms with E-state index in [0.717, 1.165) is 24.0 Å². The second kappa shape index (κ2) is 4.82. The smallest absolute Gasteiger partial charge is 0.215 e. The number of nitrogens with two attached hydrogens (primary N) is 1. The summed E-state index contributed by atoms with van der Waals surface area (Å²) < 4.78 is 5.17. The summed E-state index contributed by atoms with van der Waals surface area (Å²) in [5.74, 6) is 2.28. The number of aromatic nitrogens is 1. The van der Waals surface area contributed by atoms with Crippen LogP contribution in [0.25, 0.3) is 0 Å². The Morgan fingerprint density at radius 3 is 2.71 bits per heavy atom. The fraction of sp³-hybridized carbons (Fsp3) is 0.615. The van der Waals surface area contributed by atoms with Gasteiger partial charge < -0.3 is 15.4 Å². The van der Waals surface area contributed by atoms with Crippen molar-refractivity contribution in [3.8, 4) is 5.88 Å². The zero-order valence-corrected chi connectivity index (χ0v) is 10.8. The molecule has 1 aliphatic carbocycles. The Balaban J connectivity index is 2.26. The summed E-state index contributed by atoms with van der Waals surface area (Å²) in [6.45, 7) is 5.38. The van der Waals surface area contributed by atoms with Crippen LogP contribution in [0, 0.1) is 5.92 Å². The largest absolute Gasteiger partial charge is 0.481 e. The first kappa shape index (κ1) is 12.0. The fourth-order valence-corrected chi connectivity index (χ4v) is 1.91. The van der Waals surface area contributed by atoms with Gasteiger partial charge in [0.25, 0.3) is 0 Å². The summed E-state index contributed by atoms with van der Waals surface area (Å²) in [5, 5.41) is 0. The summed E-state index contributed by atoms with van der Waals surface area (Å²) in [4.78, 5) is 6.75. The monoisotopic (exact) mass is 235 g/mol. The number of pyridine rings is 1. The van der Waals surface area contributed by atoms with Crippen molar-refractivity contribution in [3.63, 3.8) is 0 Å². The molecule has 2 rings (SSSR count). The topological polar surface area (TPSA) is 51.4 Å². The zero-order valence-electron chi connectivity index (χ0n) is 10.8. The average Bonchev–Trinajstić information content (AvgIpc) is 3.10. The van der Waals surface area contributed by atoms with Crippen LogP contribution in [0.5, 0.6) is 5.88 Å². The molecule has 0 bridgehead atoms. The number of nitrogens with zero attached hydrogens (tertiary/aromatic N) is 2. The molecule has 1 aromatic rings. The molecule has 1 aromatic heterocycles. The minimum Gasteiger partial charge on any atom is -0.481 e. The van der Waals surface area contributed by atoms with Crippen molar-refractivity contribution in [2.45, 2.75) is 32.7 Å². The standard InChI is InChI=1S/C13H21N3O/c1-9(2)16(8-10-4-5-10)13-11(14)6-7-12(15-13)17-3/h6-7,9-10H,4-5,8,14H2,1-3H3. The Kier molecular flexibility index (Phi) is 3.41. The molecule has 0 unspecified atom stereocenters. The van der Waals surface area contributed by atoms with Gasteiger partial charge in [-0.2, -0.15) is 4.98 Å². The molecule has 1 fully saturated rings. The highest BCUT2D eigenvalue weighted by Gasteiger charge is 2.27. The van der Waals surface area contributed by atoms with Gasteiger partial charge in [0.05, 0.1) is 12.8 Å². The zero-order chi connectivity index (χ0) is 12.4. The van der Waals surface area contributed by atoms with Gasteiger partial charge in [0.2, 0.25) is 5.88 Å². The van der Waals surface area contributed by atoms with Gasteiger partial charge in [0.1, 0.15) is 0 Å². The lowest BCUT2D eigenvalue weighted by Gasteiger charge is -2.29. The summed E-state index contributed by atoms with van der Waals surface area (Å²) in [6, 6.07) is 4.07. The van der Waals surface area contributed by atoms with Crippen molar-refractivity contribution in [2.75, 3.05) is 24.3 Å². The Bertz CT molecular complexity index is 388. The Hall–Kier alpha value is -1.45. The van der Waals surface area contributed by atoms with Crippen molar-refractivity contribution in [1.82, 2.24) is 4.98 Å². The Morgan fingerprint density at radius 1 is 1.47 bits per heavy atom. The van der Waals surface area contributed by atoms with Gasteiger partial charge in [-0.1, -0.05) is 0 Å². The van der Waals surface area contributed by atoms with E-state index in [1.54, 1.807) is 13.2 Å². The number of methoxy groups -OCH3 is 1. The maximum Gasteiger partial charge on any atom is 0.215 e. The predicted octanol–water partition coefficient (Wildman–Crippen LogP) is 2.30. The molecule has 4 nitrogen and oxygen atoms in total. The maximum atomic E-state index is 6.02. The van der Waals surface area contributed by atoms with Crippen LogP contribution in [0.15, 0.2) is 12.1 Å². The van der Waals surface area contributed by atoms with Crippen LogP contribution in [0.3, 0.4) is 0 Å². The van der Waals surface area contributed by atoms with Gasteiger partial charge in [-0.05, 0) is 38.7 Å². The van der Waals surface area contributed by atoms with E-state index < -0.39 is 0 Å². The van der Waals surface area contributed by atoms with Crippen LogP contribution in [0.4, 0.5) is 11.5 Å². The normalized spacial score (nSPS) is 15.1. The summed E-state index contributed by atoms with van der Waals surface area (Å²) in [5.41, 5.74) is 6.74. The fourth-order valence-electron chi connectivity index (χ4n) is 1.91. The summed E-state index contributed by atoms with van der Waals surface area (Å²) >= 11 is 0. The molecule has 0 spiro atoms. The van der Waals surface area contributed by atoms with Crippen molar-refractivity contribution < 1.29 is 4.74 Å². The Labute approximate surface area is 103 Å². The highest BCUT2D eigenvalue weighted by molar-refractivity contribution is 5.64. The van der Waals surface area contributed by atoms with E-state index in [2.05, 4.69) is 23.7 Å². The van der Waals surface area contributed by atoms with Crippen molar-refractivity contribution in [1.29, 1.82) is 0 Å². The number of anilines is 2. The van der Waals surface area contributed by atoms with E-state index in [1.165, 1.54) is 12.8 Å².